The molecule has 0 bridgehead atoms. The van der Waals surface area contributed by atoms with Crippen molar-refractivity contribution < 1.29 is 13.9 Å². The van der Waals surface area contributed by atoms with Gasteiger partial charge in [0.15, 0.2) is 5.82 Å². The predicted octanol–water partition coefficient (Wildman–Crippen LogP) is 7.43. The highest BCUT2D eigenvalue weighted by atomic mass is 35.5. The molecule has 0 aliphatic carbocycles. The molecule has 156 valence electrons. The van der Waals surface area contributed by atoms with Gasteiger partial charge in [-0.25, -0.2) is 9.18 Å². The molecule has 0 amide bonds. The summed E-state index contributed by atoms with van der Waals surface area (Å²) in [6, 6.07) is 23.0. The van der Waals surface area contributed by atoms with Gasteiger partial charge >= 0.3 is 5.97 Å². The van der Waals surface area contributed by atoms with Crippen molar-refractivity contribution in [3.05, 3.63) is 100 Å². The van der Waals surface area contributed by atoms with E-state index in [4.69, 9.17) is 27.9 Å². The number of carbonyl (C=O) groups excluding carboxylic acids is 1. The lowest BCUT2D eigenvalue weighted by Gasteiger charge is -2.16. The Morgan fingerprint density at radius 2 is 1.65 bits per heavy atom. The van der Waals surface area contributed by atoms with Crippen LogP contribution in [0.4, 0.5) is 4.39 Å². The van der Waals surface area contributed by atoms with Crippen molar-refractivity contribution in [3.8, 4) is 28.2 Å². The average molecular weight is 454 g/mol. The highest BCUT2D eigenvalue weighted by molar-refractivity contribution is 6.31. The summed E-state index contributed by atoms with van der Waals surface area (Å²) in [7, 11) is 0. The molecule has 0 saturated heterocycles. The lowest BCUT2D eigenvalue weighted by molar-refractivity contribution is 0.0527. The molecule has 31 heavy (non-hydrogen) atoms. The molecular formula is C25H18Cl2FNO2. The highest BCUT2D eigenvalue weighted by Crippen LogP contribution is 2.38. The molecule has 1 aromatic heterocycles. The van der Waals surface area contributed by atoms with Crippen molar-refractivity contribution in [1.29, 1.82) is 0 Å². The van der Waals surface area contributed by atoms with E-state index in [9.17, 15) is 4.79 Å². The van der Waals surface area contributed by atoms with Crippen molar-refractivity contribution in [2.24, 2.45) is 0 Å². The monoisotopic (exact) mass is 453 g/mol. The summed E-state index contributed by atoms with van der Waals surface area (Å²) in [4.78, 5) is 12.9. The fourth-order valence-corrected chi connectivity index (χ4v) is 3.89. The number of hydrogen-bond acceptors (Lipinski definition) is 2. The standard InChI is InChI=1S/C25H18Cl2FNO2/c1-2-31-25(30)19-15-22(16-8-4-3-5-9-16)29(21-13-7-12-20(27)23(21)28)24(19)17-10-6-11-18(26)14-17/h3-15H,2H2,1H3. The Morgan fingerprint density at radius 1 is 0.935 bits per heavy atom. The van der Waals surface area contributed by atoms with Gasteiger partial charge in [0.1, 0.15) is 0 Å². The summed E-state index contributed by atoms with van der Waals surface area (Å²) in [6.45, 7) is 1.95. The van der Waals surface area contributed by atoms with Gasteiger partial charge in [-0.3, -0.25) is 0 Å². The fourth-order valence-electron chi connectivity index (χ4n) is 3.53. The molecule has 0 aliphatic rings. The van der Waals surface area contributed by atoms with Crippen LogP contribution in [0.25, 0.3) is 28.2 Å². The van der Waals surface area contributed by atoms with Crippen molar-refractivity contribution in [2.45, 2.75) is 6.92 Å². The first-order chi connectivity index (χ1) is 15.0. The van der Waals surface area contributed by atoms with Crippen LogP contribution < -0.4 is 0 Å². The number of hydrogen-bond donors (Lipinski definition) is 0. The zero-order valence-electron chi connectivity index (χ0n) is 16.6. The van der Waals surface area contributed by atoms with Gasteiger partial charge in [-0.15, -0.1) is 0 Å². The third kappa shape index (κ3) is 4.09. The number of rotatable bonds is 5. The number of benzene rings is 3. The summed E-state index contributed by atoms with van der Waals surface area (Å²) in [6.07, 6.45) is 0. The molecule has 0 N–H and O–H groups in total. The van der Waals surface area contributed by atoms with E-state index >= 15 is 4.39 Å². The maximum atomic E-state index is 15.2. The summed E-state index contributed by atoms with van der Waals surface area (Å²) in [5, 5.41) is 0.479. The predicted molar refractivity (Wildman–Crippen MR) is 123 cm³/mol. The van der Waals surface area contributed by atoms with Crippen LogP contribution >= 0.6 is 23.2 Å². The van der Waals surface area contributed by atoms with Crippen LogP contribution in [0.3, 0.4) is 0 Å². The number of ether oxygens (including phenoxy) is 1. The van der Waals surface area contributed by atoms with Crippen LogP contribution in [0.1, 0.15) is 17.3 Å². The van der Waals surface area contributed by atoms with Gasteiger partial charge in [0.2, 0.25) is 0 Å². The van der Waals surface area contributed by atoms with Gasteiger partial charge < -0.3 is 9.30 Å². The number of esters is 1. The van der Waals surface area contributed by atoms with Crippen LogP contribution in [0.5, 0.6) is 0 Å². The number of nitrogens with zero attached hydrogens (tertiary/aromatic N) is 1. The van der Waals surface area contributed by atoms with Crippen LogP contribution in [0.2, 0.25) is 10.0 Å². The lowest BCUT2D eigenvalue weighted by Crippen LogP contribution is -2.08. The Balaban J connectivity index is 2.13. The second-order valence-electron chi connectivity index (χ2n) is 6.80. The minimum atomic E-state index is -0.587. The van der Waals surface area contributed by atoms with E-state index in [0.717, 1.165) is 5.56 Å². The fraction of sp³-hybridized carbons (Fsp3) is 0.0800. The van der Waals surface area contributed by atoms with Crippen molar-refractivity contribution in [1.82, 2.24) is 4.57 Å². The first-order valence-electron chi connectivity index (χ1n) is 9.70. The zero-order valence-corrected chi connectivity index (χ0v) is 18.1. The number of halogens is 3. The van der Waals surface area contributed by atoms with Crippen LogP contribution in [0, 0.1) is 5.82 Å². The van der Waals surface area contributed by atoms with Crippen LogP contribution in [-0.4, -0.2) is 17.1 Å². The molecular weight excluding hydrogens is 436 g/mol. The normalized spacial score (nSPS) is 10.8. The van der Waals surface area contributed by atoms with Gasteiger partial charge in [-0.05, 0) is 42.8 Å². The molecule has 3 aromatic carbocycles. The molecule has 0 unspecified atom stereocenters. The Morgan fingerprint density at radius 3 is 2.35 bits per heavy atom. The van der Waals surface area contributed by atoms with Crippen LogP contribution in [-0.2, 0) is 4.74 Å². The molecule has 0 aliphatic heterocycles. The molecule has 4 rings (SSSR count). The van der Waals surface area contributed by atoms with Crippen LogP contribution in [0.15, 0.2) is 78.9 Å². The molecule has 4 aromatic rings. The van der Waals surface area contributed by atoms with E-state index < -0.39 is 11.8 Å². The smallest absolute Gasteiger partial charge is 0.340 e. The van der Waals surface area contributed by atoms with Gasteiger partial charge in [0.25, 0.3) is 0 Å². The van der Waals surface area contributed by atoms with E-state index in [-0.39, 0.29) is 17.3 Å². The Hall–Kier alpha value is -3.08. The van der Waals surface area contributed by atoms with Gasteiger partial charge in [-0.2, -0.15) is 0 Å². The second kappa shape index (κ2) is 8.96. The summed E-state index contributed by atoms with van der Waals surface area (Å²) >= 11 is 12.3. The minimum absolute atomic E-state index is 0.0139. The maximum absolute atomic E-state index is 15.2. The third-order valence-electron chi connectivity index (χ3n) is 4.84. The topological polar surface area (TPSA) is 31.2 Å². The molecule has 0 saturated carbocycles. The van der Waals surface area contributed by atoms with Crippen molar-refractivity contribution in [2.75, 3.05) is 6.61 Å². The summed E-state index contributed by atoms with van der Waals surface area (Å²) in [5.74, 6) is -1.09. The molecule has 0 fully saturated rings. The highest BCUT2D eigenvalue weighted by Gasteiger charge is 2.26. The Labute approximate surface area is 189 Å². The SMILES string of the molecule is CCOC(=O)c1cc(-c2ccccc2)n(-c2cccc(Cl)c2F)c1-c1cccc(Cl)c1. The van der Waals surface area contributed by atoms with E-state index in [1.807, 2.05) is 36.4 Å². The summed E-state index contributed by atoms with van der Waals surface area (Å²) in [5.41, 5.74) is 3.08. The van der Waals surface area contributed by atoms with E-state index in [1.54, 1.807) is 47.9 Å². The first kappa shape index (κ1) is 21.2. The maximum Gasteiger partial charge on any atom is 0.340 e. The molecule has 6 heteroatoms. The molecule has 0 radical (unpaired) electrons. The van der Waals surface area contributed by atoms with Gasteiger partial charge in [0, 0.05) is 10.6 Å². The molecule has 1 heterocycles. The summed E-state index contributed by atoms with van der Waals surface area (Å²) < 4.78 is 22.2. The van der Waals surface area contributed by atoms with Gasteiger partial charge in [0.05, 0.1) is 34.3 Å². The van der Waals surface area contributed by atoms with E-state index in [1.165, 1.54) is 6.07 Å². The van der Waals surface area contributed by atoms with Crippen molar-refractivity contribution in [3.63, 3.8) is 0 Å². The molecule has 3 nitrogen and oxygen atoms in total. The molecule has 0 spiro atoms. The quantitative estimate of drug-likeness (QED) is 0.294. The van der Waals surface area contributed by atoms with E-state index in [0.29, 0.717) is 27.5 Å². The average Bonchev–Trinajstić information content (AvgIpc) is 3.17. The number of carbonyl (C=O) groups is 1. The molecule has 0 atom stereocenters. The largest absolute Gasteiger partial charge is 0.462 e. The Bertz CT molecular complexity index is 1250. The lowest BCUT2D eigenvalue weighted by atomic mass is 10.1. The van der Waals surface area contributed by atoms with Crippen molar-refractivity contribution >= 4 is 29.2 Å². The Kier molecular flexibility index (Phi) is 6.12. The van der Waals surface area contributed by atoms with Gasteiger partial charge in [-0.1, -0.05) is 71.7 Å². The number of aromatic nitrogens is 1. The minimum Gasteiger partial charge on any atom is -0.462 e. The zero-order chi connectivity index (χ0) is 22.0. The third-order valence-corrected chi connectivity index (χ3v) is 5.36. The first-order valence-corrected chi connectivity index (χ1v) is 10.5. The second-order valence-corrected chi connectivity index (χ2v) is 7.64. The van der Waals surface area contributed by atoms with E-state index in [2.05, 4.69) is 0 Å².